The molecule has 0 radical (unpaired) electrons. The van der Waals surface area contributed by atoms with Crippen LogP contribution in [0, 0.1) is 0 Å². The molecule has 3 aromatic rings. The first kappa shape index (κ1) is 18.5. The van der Waals surface area contributed by atoms with Gasteiger partial charge in [-0.1, -0.05) is 23.2 Å². The minimum atomic E-state index is -3.51. The maximum atomic E-state index is 12.8. The Bertz CT molecular complexity index is 1080. The van der Waals surface area contributed by atoms with E-state index in [-0.39, 0.29) is 4.90 Å². The van der Waals surface area contributed by atoms with Gasteiger partial charge in [0.05, 0.1) is 10.4 Å². The zero-order chi connectivity index (χ0) is 19.0. The summed E-state index contributed by atoms with van der Waals surface area (Å²) in [5, 5.41) is 2.17. The van der Waals surface area contributed by atoms with E-state index in [1.54, 1.807) is 30.5 Å². The first-order valence-corrected chi connectivity index (χ1v) is 10.7. The molecular weight excluding hydrogens is 405 g/mol. The normalized spacial score (nSPS) is 16.0. The average molecular weight is 422 g/mol. The number of nitrogens with zero attached hydrogens (tertiary/aromatic N) is 3. The van der Waals surface area contributed by atoms with Crippen molar-refractivity contribution in [3.63, 3.8) is 0 Å². The van der Waals surface area contributed by atoms with E-state index in [1.165, 1.54) is 4.31 Å². The summed E-state index contributed by atoms with van der Waals surface area (Å²) in [4.78, 5) is 6.82. The third-order valence-corrected chi connectivity index (χ3v) is 7.11. The molecular formula is C19H17Cl2N3O2S. The summed E-state index contributed by atoms with van der Waals surface area (Å²) in [5.74, 6) is 0. The van der Waals surface area contributed by atoms with Gasteiger partial charge in [0.2, 0.25) is 10.0 Å². The van der Waals surface area contributed by atoms with E-state index < -0.39 is 10.0 Å². The molecule has 0 spiro atoms. The summed E-state index contributed by atoms with van der Waals surface area (Å²) in [6, 6.07) is 13.9. The number of benzene rings is 2. The van der Waals surface area contributed by atoms with Crippen LogP contribution in [-0.2, 0) is 10.0 Å². The van der Waals surface area contributed by atoms with Crippen LogP contribution in [0.25, 0.3) is 10.9 Å². The van der Waals surface area contributed by atoms with Gasteiger partial charge in [0.25, 0.3) is 0 Å². The molecule has 2 aromatic carbocycles. The molecule has 0 unspecified atom stereocenters. The van der Waals surface area contributed by atoms with E-state index >= 15 is 0 Å². The molecule has 0 N–H and O–H groups in total. The standard InChI is InChI=1S/C19H17Cl2N3O2S/c20-14-1-4-16(5-2-14)27(25,26)24-11-9-23(10-12-24)19-7-8-22-18-13-15(21)3-6-17(18)19/h1-8,13H,9-12H2. The van der Waals surface area contributed by atoms with Crippen molar-refractivity contribution < 1.29 is 8.42 Å². The van der Waals surface area contributed by atoms with Gasteiger partial charge in [-0.15, -0.1) is 0 Å². The Morgan fingerprint density at radius 2 is 1.52 bits per heavy atom. The van der Waals surface area contributed by atoms with Crippen molar-refractivity contribution >= 4 is 49.8 Å². The summed E-state index contributed by atoms with van der Waals surface area (Å²) < 4.78 is 27.2. The van der Waals surface area contributed by atoms with Gasteiger partial charge in [0.1, 0.15) is 0 Å². The molecule has 0 aliphatic carbocycles. The van der Waals surface area contributed by atoms with E-state index in [1.807, 2.05) is 24.3 Å². The second-order valence-electron chi connectivity index (χ2n) is 6.34. The predicted octanol–water partition coefficient (Wildman–Crippen LogP) is 4.05. The number of hydrogen-bond donors (Lipinski definition) is 0. The Hall–Kier alpha value is -1.86. The highest BCUT2D eigenvalue weighted by atomic mass is 35.5. The number of fused-ring (bicyclic) bond motifs is 1. The molecule has 4 rings (SSSR count). The van der Waals surface area contributed by atoms with Crippen LogP contribution in [0.5, 0.6) is 0 Å². The number of hydrogen-bond acceptors (Lipinski definition) is 4. The number of piperazine rings is 1. The van der Waals surface area contributed by atoms with Gasteiger partial charge in [0, 0.05) is 53.5 Å². The van der Waals surface area contributed by atoms with Crippen LogP contribution in [0.4, 0.5) is 5.69 Å². The number of pyridine rings is 1. The van der Waals surface area contributed by atoms with Crippen molar-refractivity contribution in [1.29, 1.82) is 0 Å². The molecule has 8 heteroatoms. The van der Waals surface area contributed by atoms with Crippen molar-refractivity contribution in [2.45, 2.75) is 4.90 Å². The van der Waals surface area contributed by atoms with E-state index in [9.17, 15) is 8.42 Å². The Kier molecular flexibility index (Phi) is 4.99. The highest BCUT2D eigenvalue weighted by Crippen LogP contribution is 2.29. The van der Waals surface area contributed by atoms with E-state index in [0.29, 0.717) is 36.2 Å². The zero-order valence-electron chi connectivity index (χ0n) is 14.3. The lowest BCUT2D eigenvalue weighted by Gasteiger charge is -2.35. The van der Waals surface area contributed by atoms with Crippen LogP contribution in [0.15, 0.2) is 59.6 Å². The van der Waals surface area contributed by atoms with Crippen LogP contribution in [0.3, 0.4) is 0 Å². The number of aromatic nitrogens is 1. The zero-order valence-corrected chi connectivity index (χ0v) is 16.7. The Balaban J connectivity index is 1.55. The second-order valence-corrected chi connectivity index (χ2v) is 9.15. The Morgan fingerprint density at radius 3 is 2.22 bits per heavy atom. The van der Waals surface area contributed by atoms with Crippen LogP contribution in [0.1, 0.15) is 0 Å². The molecule has 2 heterocycles. The highest BCUT2D eigenvalue weighted by Gasteiger charge is 2.29. The first-order chi connectivity index (χ1) is 12.9. The van der Waals surface area contributed by atoms with Crippen molar-refractivity contribution in [3.05, 3.63) is 64.8 Å². The van der Waals surface area contributed by atoms with E-state index in [0.717, 1.165) is 16.6 Å². The molecule has 1 aromatic heterocycles. The largest absolute Gasteiger partial charge is 0.368 e. The molecule has 140 valence electrons. The molecule has 0 amide bonds. The van der Waals surface area contributed by atoms with Crippen LogP contribution >= 0.6 is 23.2 Å². The number of anilines is 1. The Morgan fingerprint density at radius 1 is 0.852 bits per heavy atom. The molecule has 0 atom stereocenters. The van der Waals surface area contributed by atoms with Crippen molar-refractivity contribution in [3.8, 4) is 0 Å². The molecule has 1 aliphatic rings. The summed E-state index contributed by atoms with van der Waals surface area (Å²) >= 11 is 11.9. The third-order valence-electron chi connectivity index (χ3n) is 4.71. The van der Waals surface area contributed by atoms with Crippen LogP contribution in [0.2, 0.25) is 10.0 Å². The molecule has 1 saturated heterocycles. The van der Waals surface area contributed by atoms with Crippen LogP contribution in [-0.4, -0.2) is 43.9 Å². The lowest BCUT2D eigenvalue weighted by Crippen LogP contribution is -2.48. The monoisotopic (exact) mass is 421 g/mol. The van der Waals surface area contributed by atoms with Gasteiger partial charge in [-0.2, -0.15) is 4.31 Å². The van der Waals surface area contributed by atoms with Gasteiger partial charge in [-0.05, 0) is 48.5 Å². The minimum absolute atomic E-state index is 0.268. The molecule has 1 aliphatic heterocycles. The van der Waals surface area contributed by atoms with Crippen LogP contribution < -0.4 is 4.90 Å². The van der Waals surface area contributed by atoms with Crippen molar-refractivity contribution in [1.82, 2.24) is 9.29 Å². The smallest absolute Gasteiger partial charge is 0.243 e. The second kappa shape index (κ2) is 7.28. The van der Waals surface area contributed by atoms with E-state index in [2.05, 4.69) is 9.88 Å². The fourth-order valence-electron chi connectivity index (χ4n) is 3.31. The predicted molar refractivity (Wildman–Crippen MR) is 109 cm³/mol. The lowest BCUT2D eigenvalue weighted by atomic mass is 10.1. The Labute approximate surface area is 168 Å². The fraction of sp³-hybridized carbons (Fsp3) is 0.211. The van der Waals surface area contributed by atoms with Gasteiger partial charge < -0.3 is 4.90 Å². The number of sulfonamides is 1. The maximum absolute atomic E-state index is 12.8. The summed E-state index contributed by atoms with van der Waals surface area (Å²) in [7, 11) is -3.51. The third kappa shape index (κ3) is 3.62. The first-order valence-electron chi connectivity index (χ1n) is 8.50. The molecule has 0 bridgehead atoms. The van der Waals surface area contributed by atoms with E-state index in [4.69, 9.17) is 23.2 Å². The van der Waals surface area contributed by atoms with Crippen molar-refractivity contribution in [2.75, 3.05) is 31.1 Å². The van der Waals surface area contributed by atoms with Gasteiger partial charge in [-0.25, -0.2) is 8.42 Å². The minimum Gasteiger partial charge on any atom is -0.368 e. The van der Waals surface area contributed by atoms with Gasteiger partial charge in [-0.3, -0.25) is 4.98 Å². The lowest BCUT2D eigenvalue weighted by molar-refractivity contribution is 0.385. The topological polar surface area (TPSA) is 53.5 Å². The number of rotatable bonds is 3. The quantitative estimate of drug-likeness (QED) is 0.639. The van der Waals surface area contributed by atoms with Crippen molar-refractivity contribution in [2.24, 2.45) is 0 Å². The molecule has 5 nitrogen and oxygen atoms in total. The molecule has 0 saturated carbocycles. The van der Waals surface area contributed by atoms with Gasteiger partial charge >= 0.3 is 0 Å². The summed E-state index contributed by atoms with van der Waals surface area (Å²) in [6.45, 7) is 2.05. The highest BCUT2D eigenvalue weighted by molar-refractivity contribution is 7.89. The SMILES string of the molecule is O=S(=O)(c1ccc(Cl)cc1)N1CCN(c2ccnc3cc(Cl)ccc23)CC1. The summed E-state index contributed by atoms with van der Waals surface area (Å²) in [5.41, 5.74) is 1.87. The summed E-state index contributed by atoms with van der Waals surface area (Å²) in [6.07, 6.45) is 1.75. The average Bonchev–Trinajstić information content (AvgIpc) is 2.68. The number of halogens is 2. The fourth-order valence-corrected chi connectivity index (χ4v) is 5.02. The maximum Gasteiger partial charge on any atom is 0.243 e. The van der Waals surface area contributed by atoms with Gasteiger partial charge in [0.15, 0.2) is 0 Å². The molecule has 1 fully saturated rings. The molecule has 27 heavy (non-hydrogen) atoms.